The van der Waals surface area contributed by atoms with Crippen molar-refractivity contribution < 1.29 is 24.5 Å². The van der Waals surface area contributed by atoms with Crippen molar-refractivity contribution in [3.8, 4) is 0 Å². The van der Waals surface area contributed by atoms with Crippen LogP contribution in [0.4, 0.5) is 0 Å². The van der Waals surface area contributed by atoms with Crippen molar-refractivity contribution in [2.75, 3.05) is 13.2 Å². The molecule has 0 spiro atoms. The summed E-state index contributed by atoms with van der Waals surface area (Å²) in [5.74, 6) is -0.101. The fraction of sp³-hybridized carbons (Fsp3) is 0.867. The van der Waals surface area contributed by atoms with E-state index in [0.717, 1.165) is 70.6 Å². The van der Waals surface area contributed by atoms with Crippen LogP contribution in [0, 0.1) is 0 Å². The Kier molecular flexibility index (Phi) is 54.1. The third kappa shape index (κ3) is 51.5. The molecule has 6 nitrogen and oxygen atoms in total. The second-order valence-corrected chi connectivity index (χ2v) is 20.0. The predicted molar refractivity (Wildman–Crippen MR) is 287 cm³/mol. The van der Waals surface area contributed by atoms with Gasteiger partial charge in [0.25, 0.3) is 0 Å². The van der Waals surface area contributed by atoms with Crippen LogP contribution in [-0.4, -0.2) is 47.4 Å². The topological polar surface area (TPSA) is 95.9 Å². The minimum atomic E-state index is -0.855. The van der Waals surface area contributed by atoms with Gasteiger partial charge in [0.05, 0.1) is 25.4 Å². The zero-order valence-corrected chi connectivity index (χ0v) is 44.2. The maximum Gasteiger partial charge on any atom is 0.305 e. The van der Waals surface area contributed by atoms with E-state index in [9.17, 15) is 19.8 Å². The van der Waals surface area contributed by atoms with Crippen molar-refractivity contribution >= 4 is 11.9 Å². The molecule has 0 saturated carbocycles. The second kappa shape index (κ2) is 55.7. The number of allylic oxidation sites excluding steroid dienone is 5. The van der Waals surface area contributed by atoms with Gasteiger partial charge in [-0.1, -0.05) is 249 Å². The highest BCUT2D eigenvalue weighted by atomic mass is 16.5. The molecule has 0 rings (SSSR count). The number of amides is 1. The Balaban J connectivity index is 3.51. The summed E-state index contributed by atoms with van der Waals surface area (Å²) in [6.07, 6.45) is 68.8. The minimum Gasteiger partial charge on any atom is -0.466 e. The smallest absolute Gasteiger partial charge is 0.305 e. The van der Waals surface area contributed by atoms with Gasteiger partial charge in [-0.05, 0) is 83.5 Å². The minimum absolute atomic E-state index is 0.0186. The average molecular weight is 929 g/mol. The van der Waals surface area contributed by atoms with Crippen LogP contribution in [-0.2, 0) is 14.3 Å². The van der Waals surface area contributed by atoms with E-state index in [0.29, 0.717) is 19.4 Å². The highest BCUT2D eigenvalue weighted by Crippen LogP contribution is 2.16. The van der Waals surface area contributed by atoms with Crippen molar-refractivity contribution in [2.45, 2.75) is 321 Å². The Labute approximate surface area is 411 Å². The summed E-state index contributed by atoms with van der Waals surface area (Å²) in [6.45, 7) is 4.87. The summed E-state index contributed by atoms with van der Waals surface area (Å²) >= 11 is 0. The molecule has 0 aromatic heterocycles. The van der Waals surface area contributed by atoms with Gasteiger partial charge in [0.15, 0.2) is 0 Å². The first kappa shape index (κ1) is 64.1. The highest BCUT2D eigenvalue weighted by molar-refractivity contribution is 5.76. The molecule has 0 aliphatic rings. The van der Waals surface area contributed by atoms with Crippen LogP contribution >= 0.6 is 0 Å². The number of rotatable bonds is 54. The molecule has 2 unspecified atom stereocenters. The normalized spacial score (nSPS) is 12.8. The molecule has 6 heteroatoms. The number of esters is 1. The molecule has 1 amide bonds. The van der Waals surface area contributed by atoms with Gasteiger partial charge in [0.2, 0.25) is 5.91 Å². The monoisotopic (exact) mass is 928 g/mol. The van der Waals surface area contributed by atoms with Crippen molar-refractivity contribution in [3.63, 3.8) is 0 Å². The number of nitrogens with one attached hydrogen (secondary N) is 1. The van der Waals surface area contributed by atoms with Gasteiger partial charge in [-0.25, -0.2) is 0 Å². The molecule has 3 N–H and O–H groups in total. The number of hydrogen-bond acceptors (Lipinski definition) is 5. The standard InChI is InChI=1S/C60H113NO5/c1-3-5-7-9-11-13-15-17-19-21-22-24-28-32-36-40-44-48-52-58(63)57(56-62)61-59(64)53-49-45-41-37-33-29-25-23-27-31-35-39-43-47-51-55-66-60(65)54-50-46-42-38-34-30-26-20-18-16-14-12-10-8-6-4-2/h20,26-27,31,48,52,57-58,62-63H,3-19,21-25,28-30,32-47,49-51,53-56H2,1-2H3,(H,61,64)/b26-20-,31-27-,52-48+. The van der Waals surface area contributed by atoms with Crippen molar-refractivity contribution in [1.82, 2.24) is 5.32 Å². The lowest BCUT2D eigenvalue weighted by Gasteiger charge is -2.20. The van der Waals surface area contributed by atoms with E-state index in [1.807, 2.05) is 6.08 Å². The number of carbonyl (C=O) groups is 2. The van der Waals surface area contributed by atoms with E-state index in [-0.39, 0.29) is 18.5 Å². The van der Waals surface area contributed by atoms with Gasteiger partial charge in [0, 0.05) is 12.8 Å². The molecule has 2 atom stereocenters. The summed E-state index contributed by atoms with van der Waals surface area (Å²) in [7, 11) is 0. The van der Waals surface area contributed by atoms with Gasteiger partial charge in [-0.3, -0.25) is 9.59 Å². The summed E-state index contributed by atoms with van der Waals surface area (Å²) in [5, 5.41) is 23.1. The Morgan fingerprint density at radius 2 is 0.712 bits per heavy atom. The third-order valence-electron chi connectivity index (χ3n) is 13.4. The Hall–Kier alpha value is -1.92. The van der Waals surface area contributed by atoms with Crippen LogP contribution in [0.15, 0.2) is 36.5 Å². The second-order valence-electron chi connectivity index (χ2n) is 20.0. The fourth-order valence-corrected chi connectivity index (χ4v) is 8.86. The lowest BCUT2D eigenvalue weighted by atomic mass is 10.0. The maximum absolute atomic E-state index is 12.5. The third-order valence-corrected chi connectivity index (χ3v) is 13.4. The van der Waals surface area contributed by atoms with Crippen LogP contribution < -0.4 is 5.32 Å². The van der Waals surface area contributed by atoms with Gasteiger partial charge in [0.1, 0.15) is 0 Å². The molecule has 388 valence electrons. The molecule has 0 saturated heterocycles. The number of aliphatic hydroxyl groups excluding tert-OH is 2. The van der Waals surface area contributed by atoms with Crippen molar-refractivity contribution in [2.24, 2.45) is 0 Å². The van der Waals surface area contributed by atoms with Crippen LogP contribution in [0.5, 0.6) is 0 Å². The van der Waals surface area contributed by atoms with E-state index in [2.05, 4.69) is 43.5 Å². The average Bonchev–Trinajstić information content (AvgIpc) is 3.32. The van der Waals surface area contributed by atoms with Gasteiger partial charge in [-0.15, -0.1) is 0 Å². The molecule has 0 aromatic carbocycles. The fourth-order valence-electron chi connectivity index (χ4n) is 8.86. The Bertz CT molecular complexity index is 1070. The highest BCUT2D eigenvalue weighted by Gasteiger charge is 2.18. The van der Waals surface area contributed by atoms with Crippen molar-refractivity contribution in [3.05, 3.63) is 36.5 Å². The first-order valence-corrected chi connectivity index (χ1v) is 29.3. The number of unbranched alkanes of at least 4 members (excludes halogenated alkanes) is 39. The molecule has 66 heavy (non-hydrogen) atoms. The number of hydrogen-bond donors (Lipinski definition) is 3. The van der Waals surface area contributed by atoms with Gasteiger partial charge in [-0.2, -0.15) is 0 Å². The largest absolute Gasteiger partial charge is 0.466 e. The Morgan fingerprint density at radius 3 is 1.08 bits per heavy atom. The van der Waals surface area contributed by atoms with E-state index in [1.54, 1.807) is 6.08 Å². The molecule has 0 bridgehead atoms. The first-order chi connectivity index (χ1) is 32.5. The van der Waals surface area contributed by atoms with Crippen molar-refractivity contribution in [1.29, 1.82) is 0 Å². The van der Waals surface area contributed by atoms with Gasteiger partial charge < -0.3 is 20.3 Å². The summed E-state index contributed by atoms with van der Waals surface area (Å²) in [4.78, 5) is 24.5. The molecule has 0 heterocycles. The number of ether oxygens (including phenoxy) is 1. The SMILES string of the molecule is CCCCCCCCC/C=C\CCCCCCCC(=O)OCCCCCC/C=C\CCCCCCCCCC(=O)NC(CO)C(O)/C=C/CCCCCCCCCCCCCCCCCC. The zero-order chi connectivity index (χ0) is 47.9. The molecule has 0 aliphatic carbocycles. The molecule has 0 aromatic rings. The van der Waals surface area contributed by atoms with E-state index >= 15 is 0 Å². The quantitative estimate of drug-likeness (QED) is 0.0321. The van der Waals surface area contributed by atoms with Crippen LogP contribution in [0.1, 0.15) is 309 Å². The molecular weight excluding hydrogens is 815 g/mol. The van der Waals surface area contributed by atoms with E-state index < -0.39 is 12.1 Å². The number of carbonyl (C=O) groups excluding carboxylic acids is 2. The molecule has 0 aliphatic heterocycles. The van der Waals surface area contributed by atoms with Crippen LogP contribution in [0.25, 0.3) is 0 Å². The molecular formula is C60H113NO5. The summed E-state index contributed by atoms with van der Waals surface area (Å²) in [6, 6.07) is -0.640. The zero-order valence-electron chi connectivity index (χ0n) is 44.2. The van der Waals surface area contributed by atoms with E-state index in [1.165, 1.54) is 212 Å². The lowest BCUT2D eigenvalue weighted by Crippen LogP contribution is -2.45. The Morgan fingerprint density at radius 1 is 0.409 bits per heavy atom. The lowest BCUT2D eigenvalue weighted by molar-refractivity contribution is -0.143. The van der Waals surface area contributed by atoms with Crippen LogP contribution in [0.3, 0.4) is 0 Å². The van der Waals surface area contributed by atoms with Gasteiger partial charge >= 0.3 is 5.97 Å². The predicted octanol–water partition coefficient (Wildman–Crippen LogP) is 18.0. The summed E-state index contributed by atoms with van der Waals surface area (Å²) < 4.78 is 5.46. The molecule has 0 radical (unpaired) electrons. The van der Waals surface area contributed by atoms with Crippen LogP contribution in [0.2, 0.25) is 0 Å². The maximum atomic E-state index is 12.5. The molecule has 0 fully saturated rings. The first-order valence-electron chi connectivity index (χ1n) is 29.3. The summed E-state index contributed by atoms with van der Waals surface area (Å²) in [5.41, 5.74) is 0. The van der Waals surface area contributed by atoms with E-state index in [4.69, 9.17) is 4.74 Å². The number of aliphatic hydroxyl groups is 2.